The summed E-state index contributed by atoms with van der Waals surface area (Å²) in [5, 5.41) is 10.4. The smallest absolute Gasteiger partial charge is 0.414 e. The Bertz CT molecular complexity index is 2440. The maximum atomic E-state index is 14.5. The summed E-state index contributed by atoms with van der Waals surface area (Å²) in [6.45, 7) is 4.88. The van der Waals surface area contributed by atoms with Crippen molar-refractivity contribution in [3.05, 3.63) is 124 Å². The Hall–Kier alpha value is -6.10. The first kappa shape index (κ1) is 37.2. The maximum Gasteiger partial charge on any atom is 0.414 e. The molecule has 1 aliphatic heterocycles. The minimum absolute atomic E-state index is 0.0376. The molecule has 16 heteroatoms. The second-order valence-corrected chi connectivity index (χ2v) is 14.5. The Morgan fingerprint density at radius 2 is 1.75 bits per heavy atom. The number of nitrogens with one attached hydrogen (secondary N) is 2. The normalized spacial score (nSPS) is 12.8. The number of para-hydroxylation sites is 1. The third kappa shape index (κ3) is 8.51. The summed E-state index contributed by atoms with van der Waals surface area (Å²) >= 11 is 0. The number of aromatic nitrogens is 5. The minimum atomic E-state index is -3.91. The molecule has 15 nitrogen and oxygen atoms in total. The summed E-state index contributed by atoms with van der Waals surface area (Å²) in [5.41, 5.74) is 5.19. The van der Waals surface area contributed by atoms with Crippen molar-refractivity contribution >= 4 is 55.9 Å². The number of H-pyrrole nitrogens is 1. The molecule has 0 atom stereocenters. The highest BCUT2D eigenvalue weighted by Crippen LogP contribution is 2.40. The van der Waals surface area contributed by atoms with Crippen molar-refractivity contribution in [1.29, 1.82) is 0 Å². The number of aryl methyl sites for hydroxylation is 3. The average Bonchev–Trinajstić information content (AvgIpc) is 3.71. The highest BCUT2D eigenvalue weighted by molar-refractivity contribution is 7.86. The van der Waals surface area contributed by atoms with Crippen molar-refractivity contribution in [2.45, 2.75) is 38.3 Å². The number of fused-ring (bicyclic) bond motifs is 2. The van der Waals surface area contributed by atoms with Crippen LogP contribution in [0.25, 0.3) is 11.0 Å². The lowest BCUT2D eigenvalue weighted by Gasteiger charge is -2.38. The predicted molar refractivity (Wildman–Crippen MR) is 208 cm³/mol. The van der Waals surface area contributed by atoms with Crippen LogP contribution in [0.5, 0.6) is 0 Å². The summed E-state index contributed by atoms with van der Waals surface area (Å²) in [7, 11) is -3.91. The molecule has 0 saturated heterocycles. The molecule has 7 rings (SSSR count). The quantitative estimate of drug-likeness (QED) is 0.0983. The van der Waals surface area contributed by atoms with Crippen LogP contribution in [0.3, 0.4) is 0 Å². The van der Waals surface area contributed by atoms with Crippen molar-refractivity contribution in [3.63, 3.8) is 0 Å². The number of nitrogens with zero attached hydrogens (tertiary/aromatic N) is 6. The van der Waals surface area contributed by atoms with E-state index in [1.54, 1.807) is 46.3 Å². The molecule has 1 aliphatic rings. The van der Waals surface area contributed by atoms with Crippen LogP contribution in [0, 0.1) is 13.8 Å². The lowest BCUT2D eigenvalue weighted by atomic mass is 10.1. The molecule has 0 spiro atoms. The van der Waals surface area contributed by atoms with E-state index in [-0.39, 0.29) is 55.9 Å². The number of carbonyl (C=O) groups excluding carboxylic acids is 1. The monoisotopic (exact) mass is 764 g/mol. The van der Waals surface area contributed by atoms with Crippen LogP contribution in [0.1, 0.15) is 23.1 Å². The van der Waals surface area contributed by atoms with E-state index in [1.165, 1.54) is 12.1 Å². The van der Waals surface area contributed by atoms with E-state index < -0.39 is 16.2 Å². The first-order valence-corrected chi connectivity index (χ1v) is 19.1. The molecule has 0 fully saturated rings. The Balaban J connectivity index is 1.11. The van der Waals surface area contributed by atoms with Gasteiger partial charge in [0.05, 0.1) is 41.4 Å². The highest BCUT2D eigenvalue weighted by Gasteiger charge is 2.32. The molecular formula is C39H40N8O7S. The highest BCUT2D eigenvalue weighted by atomic mass is 32.2. The molecule has 0 radical (unpaired) electrons. The lowest BCUT2D eigenvalue weighted by Crippen LogP contribution is -2.44. The van der Waals surface area contributed by atoms with Gasteiger partial charge in [0.1, 0.15) is 17.9 Å². The number of hydrogen-bond donors (Lipinski definition) is 2. The maximum absolute atomic E-state index is 14.5. The van der Waals surface area contributed by atoms with Gasteiger partial charge in [-0.25, -0.2) is 9.78 Å². The third-order valence-electron chi connectivity index (χ3n) is 9.05. The van der Waals surface area contributed by atoms with Crippen molar-refractivity contribution in [2.75, 3.05) is 48.0 Å². The van der Waals surface area contributed by atoms with Gasteiger partial charge < -0.3 is 19.7 Å². The molecule has 4 heterocycles. The molecule has 6 aromatic rings. The number of pyridine rings is 1. The fourth-order valence-electron chi connectivity index (χ4n) is 6.33. The molecule has 284 valence electrons. The first-order valence-electron chi connectivity index (χ1n) is 17.7. The molecule has 0 bridgehead atoms. The summed E-state index contributed by atoms with van der Waals surface area (Å²) in [6, 6.07) is 23.4. The van der Waals surface area contributed by atoms with Gasteiger partial charge in [0.25, 0.3) is 15.7 Å². The van der Waals surface area contributed by atoms with Gasteiger partial charge in [-0.3, -0.25) is 23.5 Å². The largest absolute Gasteiger partial charge is 0.444 e. The van der Waals surface area contributed by atoms with E-state index in [2.05, 4.69) is 20.5 Å². The average molecular weight is 765 g/mol. The van der Waals surface area contributed by atoms with Gasteiger partial charge in [0, 0.05) is 44.0 Å². The van der Waals surface area contributed by atoms with Crippen LogP contribution >= 0.6 is 0 Å². The second-order valence-electron chi connectivity index (χ2n) is 12.9. The molecular weight excluding hydrogens is 725 g/mol. The molecule has 2 N–H and O–H groups in total. The fraction of sp³-hybridized carbons (Fsp3) is 0.256. The second kappa shape index (κ2) is 16.5. The van der Waals surface area contributed by atoms with E-state index in [1.807, 2.05) is 67.3 Å². The number of benzene rings is 3. The van der Waals surface area contributed by atoms with Crippen molar-refractivity contribution in [1.82, 2.24) is 24.7 Å². The Kier molecular flexibility index (Phi) is 11.2. The van der Waals surface area contributed by atoms with E-state index in [4.69, 9.17) is 18.6 Å². The molecule has 0 saturated carbocycles. The van der Waals surface area contributed by atoms with Gasteiger partial charge in [0.15, 0.2) is 0 Å². The number of hydrogen-bond acceptors (Lipinski definition) is 12. The van der Waals surface area contributed by atoms with Crippen LogP contribution < -0.4 is 20.7 Å². The molecule has 3 aromatic carbocycles. The number of rotatable bonds is 14. The molecule has 0 unspecified atom stereocenters. The van der Waals surface area contributed by atoms with Crippen LogP contribution in [0.15, 0.2) is 107 Å². The van der Waals surface area contributed by atoms with Gasteiger partial charge in [-0.05, 0) is 55.7 Å². The van der Waals surface area contributed by atoms with Gasteiger partial charge in [0.2, 0.25) is 5.95 Å². The SMILES string of the molecule is Cc1ccc(S(=O)(=O)OCCOCCCn2c(=O)c(N3CCN(C(=O)OCc4ccccc4)c4c(C)cccc43)cc3cnc(Nc4cn[nH]c4)nc32)cc1. The van der Waals surface area contributed by atoms with E-state index in [0.29, 0.717) is 46.7 Å². The molecule has 3 aromatic heterocycles. The topological polar surface area (TPSA) is 174 Å². The number of aromatic amines is 1. The molecule has 1 amide bonds. The Labute approximate surface area is 317 Å². The summed E-state index contributed by atoms with van der Waals surface area (Å²) < 4.78 is 43.2. The minimum Gasteiger partial charge on any atom is -0.444 e. The standard InChI is InChI=1S/C39H40N8O7S/c1-27-12-14-32(15-13-27)55(50,51)54-21-20-52-19-7-16-47-36-30(23-40-38(44-36)43-31-24-41-42-25-31)22-34(37(47)48)45-17-18-46(35-28(2)8-6-11-33(35)45)39(49)53-26-29-9-4-3-5-10-29/h3-6,8-15,22-25H,7,16-21,26H2,1-2H3,(H,41,42)(H,40,43,44). The van der Waals surface area contributed by atoms with Crippen molar-refractivity contribution in [2.24, 2.45) is 0 Å². The first-order chi connectivity index (χ1) is 26.7. The van der Waals surface area contributed by atoms with Crippen LogP contribution in [0.2, 0.25) is 0 Å². The number of carbonyl (C=O) groups is 1. The molecule has 55 heavy (non-hydrogen) atoms. The lowest BCUT2D eigenvalue weighted by molar-refractivity contribution is 0.0982. The summed E-state index contributed by atoms with van der Waals surface area (Å²) in [6.07, 6.45) is 4.84. The summed E-state index contributed by atoms with van der Waals surface area (Å²) in [5.74, 6) is 0.279. The Morgan fingerprint density at radius 3 is 2.53 bits per heavy atom. The Morgan fingerprint density at radius 1 is 0.927 bits per heavy atom. The van der Waals surface area contributed by atoms with Gasteiger partial charge in [-0.2, -0.15) is 18.5 Å². The zero-order valence-electron chi connectivity index (χ0n) is 30.3. The number of anilines is 5. The van der Waals surface area contributed by atoms with Crippen LogP contribution in [-0.4, -0.2) is 72.2 Å². The zero-order chi connectivity index (χ0) is 38.4. The molecule has 0 aliphatic carbocycles. The predicted octanol–water partition coefficient (Wildman–Crippen LogP) is 5.98. The van der Waals surface area contributed by atoms with E-state index in [0.717, 1.165) is 16.7 Å². The van der Waals surface area contributed by atoms with E-state index in [9.17, 15) is 18.0 Å². The van der Waals surface area contributed by atoms with Crippen molar-refractivity contribution in [3.8, 4) is 0 Å². The van der Waals surface area contributed by atoms with Crippen LogP contribution in [0.4, 0.5) is 33.5 Å². The van der Waals surface area contributed by atoms with Gasteiger partial charge in [-0.15, -0.1) is 0 Å². The van der Waals surface area contributed by atoms with Crippen LogP contribution in [-0.2, 0) is 36.9 Å². The van der Waals surface area contributed by atoms with Crippen molar-refractivity contribution < 1.29 is 26.9 Å². The third-order valence-corrected chi connectivity index (χ3v) is 10.4. The van der Waals surface area contributed by atoms with Gasteiger partial charge in [-0.1, -0.05) is 60.2 Å². The number of amides is 1. The number of ether oxygens (including phenoxy) is 2. The fourth-order valence-corrected chi connectivity index (χ4v) is 7.22. The van der Waals surface area contributed by atoms with E-state index >= 15 is 0 Å². The zero-order valence-corrected chi connectivity index (χ0v) is 31.2. The van der Waals surface area contributed by atoms with Gasteiger partial charge >= 0.3 is 6.09 Å². The summed E-state index contributed by atoms with van der Waals surface area (Å²) in [4.78, 5) is 40.8.